The summed E-state index contributed by atoms with van der Waals surface area (Å²) in [6.07, 6.45) is 7.85. The van der Waals surface area contributed by atoms with Crippen LogP contribution in [0.5, 0.6) is 0 Å². The third-order valence-corrected chi connectivity index (χ3v) is 8.82. The van der Waals surface area contributed by atoms with Crippen molar-refractivity contribution in [3.05, 3.63) is 52.5 Å². The molecule has 2 aliphatic heterocycles. The summed E-state index contributed by atoms with van der Waals surface area (Å²) < 4.78 is 34.0. The Hall–Kier alpha value is -3.27. The van der Waals surface area contributed by atoms with Crippen molar-refractivity contribution in [1.82, 2.24) is 20.0 Å². The number of ether oxygens (including phenoxy) is 1. The number of aromatic nitrogens is 2. The van der Waals surface area contributed by atoms with Crippen LogP contribution in [0.3, 0.4) is 0 Å². The molecule has 2 fully saturated rings. The van der Waals surface area contributed by atoms with Gasteiger partial charge in [-0.1, -0.05) is 33.3 Å². The fraction of sp³-hybridized carbons (Fsp3) is 0.629. The molecular weight excluding hydrogens is 574 g/mol. The number of hydrogen-bond acceptors (Lipinski definition) is 5. The Morgan fingerprint density at radius 2 is 1.91 bits per heavy atom. The molecule has 4 rings (SSSR count). The Morgan fingerprint density at radius 1 is 1.20 bits per heavy atom. The van der Waals surface area contributed by atoms with Gasteiger partial charge in [-0.15, -0.1) is 0 Å². The minimum absolute atomic E-state index is 0.0513. The number of nitrogens with two attached hydrogens (primary N) is 1. The molecule has 1 atom stereocenters. The van der Waals surface area contributed by atoms with Crippen molar-refractivity contribution in [3.8, 4) is 11.1 Å². The van der Waals surface area contributed by atoms with Crippen LogP contribution in [0.2, 0.25) is 0 Å². The van der Waals surface area contributed by atoms with Gasteiger partial charge >= 0.3 is 6.03 Å². The van der Waals surface area contributed by atoms with Crippen molar-refractivity contribution in [2.45, 2.75) is 105 Å². The zero-order valence-corrected chi connectivity index (χ0v) is 28.3. The van der Waals surface area contributed by atoms with Crippen LogP contribution in [0.25, 0.3) is 11.1 Å². The second kappa shape index (κ2) is 17.4. The number of amides is 2. The second-order valence-corrected chi connectivity index (χ2v) is 12.5. The summed E-state index contributed by atoms with van der Waals surface area (Å²) in [5.74, 6) is 0.300. The number of halogens is 2. The Labute approximate surface area is 268 Å². The molecule has 0 radical (unpaired) electrons. The fourth-order valence-electron chi connectivity index (χ4n) is 5.64. The first-order valence-corrected chi connectivity index (χ1v) is 16.6. The molecule has 45 heavy (non-hydrogen) atoms. The minimum Gasteiger partial charge on any atom is -0.401 e. The predicted molar refractivity (Wildman–Crippen MR) is 179 cm³/mol. The Kier molecular flexibility index (Phi) is 14.0. The van der Waals surface area contributed by atoms with Crippen LogP contribution >= 0.6 is 0 Å². The smallest absolute Gasteiger partial charge is 0.317 e. The molecule has 1 aromatic carbocycles. The molecule has 2 saturated heterocycles. The average Bonchev–Trinajstić information content (AvgIpc) is 3.54. The zero-order valence-electron chi connectivity index (χ0n) is 28.3. The van der Waals surface area contributed by atoms with Crippen LogP contribution in [0, 0.1) is 12.8 Å². The number of nitrogens with zero attached hydrogens (tertiary/aromatic N) is 4. The first-order valence-electron chi connectivity index (χ1n) is 16.6. The van der Waals surface area contributed by atoms with Gasteiger partial charge in [-0.05, 0) is 81.5 Å². The molecule has 1 aromatic heterocycles. The highest BCUT2D eigenvalue weighted by Gasteiger charge is 2.27. The van der Waals surface area contributed by atoms with Gasteiger partial charge in [0.05, 0.1) is 18.8 Å². The fourth-order valence-corrected chi connectivity index (χ4v) is 5.64. The van der Waals surface area contributed by atoms with Gasteiger partial charge in [0.1, 0.15) is 0 Å². The van der Waals surface area contributed by atoms with Crippen molar-refractivity contribution in [2.75, 3.05) is 33.4 Å². The van der Waals surface area contributed by atoms with E-state index in [0.29, 0.717) is 30.6 Å². The topological polar surface area (TPSA) is 97.8 Å². The molecule has 0 spiro atoms. The third kappa shape index (κ3) is 9.86. The number of carbonyl (C=O) groups excluding carboxylic acids is 1. The van der Waals surface area contributed by atoms with E-state index in [1.165, 1.54) is 0 Å². The number of likely N-dealkylation sites (tertiary alicyclic amines) is 1. The van der Waals surface area contributed by atoms with E-state index in [0.717, 1.165) is 91.8 Å². The van der Waals surface area contributed by atoms with Crippen molar-refractivity contribution >= 4 is 11.7 Å². The van der Waals surface area contributed by atoms with Gasteiger partial charge in [-0.2, -0.15) is 5.10 Å². The lowest BCUT2D eigenvalue weighted by Crippen LogP contribution is -2.45. The molecular formula is C35H54F2N6O2. The molecule has 1 unspecified atom stereocenters. The third-order valence-electron chi connectivity index (χ3n) is 8.82. The summed E-state index contributed by atoms with van der Waals surface area (Å²) in [6.45, 7) is 15.2. The van der Waals surface area contributed by atoms with E-state index in [9.17, 15) is 13.6 Å². The molecule has 2 aliphatic rings. The number of unbranched alkanes of at least 4 members (excludes halogenated alkanes) is 1. The van der Waals surface area contributed by atoms with E-state index in [2.05, 4.69) is 31.2 Å². The lowest BCUT2D eigenvalue weighted by Gasteiger charge is -2.32. The van der Waals surface area contributed by atoms with Crippen LogP contribution in [0.15, 0.2) is 40.8 Å². The van der Waals surface area contributed by atoms with E-state index in [1.807, 2.05) is 37.9 Å². The van der Waals surface area contributed by atoms with Gasteiger partial charge in [0.15, 0.2) is 0 Å². The van der Waals surface area contributed by atoms with Gasteiger partial charge in [0.25, 0.3) is 6.43 Å². The van der Waals surface area contributed by atoms with Crippen LogP contribution in [0.1, 0.15) is 102 Å². The lowest BCUT2D eigenvalue weighted by atomic mass is 9.93. The number of urea groups is 1. The van der Waals surface area contributed by atoms with Crippen molar-refractivity contribution in [2.24, 2.45) is 16.6 Å². The first kappa shape index (κ1) is 36.2. The van der Waals surface area contributed by atoms with Crippen LogP contribution < -0.4 is 11.1 Å². The molecule has 3 N–H and O–H groups in total. The van der Waals surface area contributed by atoms with Crippen molar-refractivity contribution < 1.29 is 18.3 Å². The molecule has 3 heterocycles. The summed E-state index contributed by atoms with van der Waals surface area (Å²) in [4.78, 5) is 18.8. The lowest BCUT2D eigenvalue weighted by molar-refractivity contribution is 0.0870. The Bertz CT molecular complexity index is 1310. The van der Waals surface area contributed by atoms with Gasteiger partial charge < -0.3 is 20.7 Å². The van der Waals surface area contributed by atoms with Crippen LogP contribution in [0.4, 0.5) is 13.6 Å². The highest BCUT2D eigenvalue weighted by molar-refractivity contribution is 6.03. The molecule has 0 aliphatic carbocycles. The molecule has 8 nitrogen and oxygen atoms in total. The standard InChI is InChI=1S/C18H24F2N2.C17H30N4O2/c1-5-6-7-14-9-16(17(18(19)20)8-13(14)4)15-10-21-22(11-15)12(2)3;1-4-12(2)16(18)14-11-21(17(22)19-3)8-5-15(14)20-13-6-9-23-10-7-13/h8-12,18H,5-7H2,1-4H3;12-13H,4-11,18H2,1-3H3,(H,19,22)/b;16-14-,20-15?. The first-order chi connectivity index (χ1) is 21.5. The number of piperidine rings is 1. The molecule has 0 saturated carbocycles. The molecule has 2 amide bonds. The number of aryl methyl sites for hydroxylation is 2. The maximum Gasteiger partial charge on any atom is 0.317 e. The average molecular weight is 629 g/mol. The number of alkyl halides is 2. The monoisotopic (exact) mass is 628 g/mol. The minimum atomic E-state index is -2.48. The second-order valence-electron chi connectivity index (χ2n) is 12.5. The zero-order chi connectivity index (χ0) is 33.1. The highest BCUT2D eigenvalue weighted by Crippen LogP contribution is 2.34. The quantitative estimate of drug-likeness (QED) is 0.298. The van der Waals surface area contributed by atoms with E-state index in [1.54, 1.807) is 24.0 Å². The Morgan fingerprint density at radius 3 is 2.49 bits per heavy atom. The molecule has 2 aromatic rings. The number of hydrogen-bond donors (Lipinski definition) is 2. The number of allylic oxidation sites excluding steroid dienone is 1. The molecule has 0 bridgehead atoms. The summed E-state index contributed by atoms with van der Waals surface area (Å²) in [5.41, 5.74) is 13.0. The van der Waals surface area contributed by atoms with Gasteiger partial charge in [0, 0.05) is 73.6 Å². The predicted octanol–water partition coefficient (Wildman–Crippen LogP) is 7.63. The Balaban J connectivity index is 0.000000246. The maximum absolute atomic E-state index is 13.4. The summed E-state index contributed by atoms with van der Waals surface area (Å²) in [5, 5.41) is 6.98. The molecule has 10 heteroatoms. The summed E-state index contributed by atoms with van der Waals surface area (Å²) in [6, 6.07) is 4.05. The number of rotatable bonds is 9. The number of carbonyl (C=O) groups is 1. The number of nitrogens with one attached hydrogen (secondary N) is 1. The highest BCUT2D eigenvalue weighted by atomic mass is 19.3. The maximum atomic E-state index is 13.4. The number of aliphatic imine (C=N–C) groups is 1. The van der Waals surface area contributed by atoms with Gasteiger partial charge in [-0.3, -0.25) is 9.67 Å². The van der Waals surface area contributed by atoms with Gasteiger partial charge in [-0.25, -0.2) is 13.6 Å². The summed E-state index contributed by atoms with van der Waals surface area (Å²) in [7, 11) is 1.66. The summed E-state index contributed by atoms with van der Waals surface area (Å²) >= 11 is 0. The number of benzene rings is 1. The largest absolute Gasteiger partial charge is 0.401 e. The van der Waals surface area contributed by atoms with Crippen molar-refractivity contribution in [3.63, 3.8) is 0 Å². The van der Waals surface area contributed by atoms with Crippen molar-refractivity contribution in [1.29, 1.82) is 0 Å². The van der Waals surface area contributed by atoms with Gasteiger partial charge in [0.2, 0.25) is 0 Å². The normalized spacial score (nSPS) is 18.6. The van der Waals surface area contributed by atoms with E-state index in [4.69, 9.17) is 15.5 Å². The van der Waals surface area contributed by atoms with E-state index in [-0.39, 0.29) is 17.6 Å². The molecule has 250 valence electrons. The van der Waals surface area contributed by atoms with E-state index >= 15 is 0 Å². The van der Waals surface area contributed by atoms with Crippen LogP contribution in [-0.4, -0.2) is 65.8 Å². The SMILES string of the molecule is CCC(C)/C(N)=C1\CN(C(=O)NC)CCC1=NC1CCOCC1.CCCCc1cc(-c2cnn(C(C)C)c2)c(C(F)F)cc1C. The van der Waals surface area contributed by atoms with Crippen LogP contribution in [-0.2, 0) is 11.2 Å². The van der Waals surface area contributed by atoms with E-state index < -0.39 is 6.43 Å².